The fourth-order valence-corrected chi connectivity index (χ4v) is 2.68. The number of aromatic nitrogens is 4. The van der Waals surface area contributed by atoms with Crippen LogP contribution in [0.15, 0.2) is 6.33 Å². The van der Waals surface area contributed by atoms with Gasteiger partial charge in [-0.05, 0) is 31.7 Å². The maximum Gasteiger partial charge on any atom is 0.162 e. The normalized spacial score (nSPS) is 11.2. The molecule has 2 rings (SSSR count). The van der Waals surface area contributed by atoms with Crippen molar-refractivity contribution < 1.29 is 0 Å². The topological polar surface area (TPSA) is 55.6 Å². The van der Waals surface area contributed by atoms with Gasteiger partial charge in [-0.3, -0.25) is 0 Å². The number of nitrogens with zero attached hydrogens (tertiary/aromatic N) is 4. The highest BCUT2D eigenvalue weighted by atomic mass is 15.3. The van der Waals surface area contributed by atoms with Gasteiger partial charge >= 0.3 is 0 Å². The van der Waals surface area contributed by atoms with Crippen LogP contribution in [-0.2, 0) is 6.42 Å². The molecule has 0 aliphatic carbocycles. The van der Waals surface area contributed by atoms with E-state index in [1.807, 2.05) is 11.7 Å². The average molecular weight is 273 g/mol. The second-order valence-electron chi connectivity index (χ2n) is 5.28. The Balaban J connectivity index is 2.70. The molecule has 0 saturated carbocycles. The van der Waals surface area contributed by atoms with Crippen molar-refractivity contribution in [1.29, 1.82) is 0 Å². The summed E-state index contributed by atoms with van der Waals surface area (Å²) in [6, 6.07) is 0. The second kappa shape index (κ2) is 5.61. The highest BCUT2D eigenvalue weighted by Gasteiger charge is 2.19. The molecule has 2 heterocycles. The summed E-state index contributed by atoms with van der Waals surface area (Å²) in [6.45, 7) is 10.6. The molecule has 0 radical (unpaired) electrons. The van der Waals surface area contributed by atoms with E-state index in [1.165, 1.54) is 5.56 Å². The number of hydrogen-bond acceptors (Lipinski definition) is 4. The number of aryl methyl sites for hydroxylation is 1. The first-order chi connectivity index (χ1) is 9.51. The molecule has 2 aromatic heterocycles. The lowest BCUT2D eigenvalue weighted by Crippen LogP contribution is -2.11. The highest BCUT2D eigenvalue weighted by Crippen LogP contribution is 2.28. The Morgan fingerprint density at radius 3 is 2.45 bits per heavy atom. The summed E-state index contributed by atoms with van der Waals surface area (Å²) in [5, 5.41) is 7.82. The van der Waals surface area contributed by atoms with Crippen molar-refractivity contribution in [3.05, 3.63) is 28.8 Å². The first-order valence-electron chi connectivity index (χ1n) is 7.09. The summed E-state index contributed by atoms with van der Waals surface area (Å²) in [5.74, 6) is 2.07. The quantitative estimate of drug-likeness (QED) is 0.930. The van der Waals surface area contributed by atoms with Gasteiger partial charge in [-0.25, -0.2) is 14.6 Å². The van der Waals surface area contributed by atoms with Crippen LogP contribution in [-0.4, -0.2) is 26.8 Å². The van der Waals surface area contributed by atoms with Gasteiger partial charge in [0, 0.05) is 18.3 Å². The van der Waals surface area contributed by atoms with Crippen molar-refractivity contribution in [2.45, 2.75) is 47.0 Å². The standard InChI is InChI=1S/C15H23N5/c1-7-12-10(4)19-20(11(12)5)15-13(9(2)3)14(16-6)17-8-18-15/h8-9H,7H2,1-6H3,(H,16,17,18). The summed E-state index contributed by atoms with van der Waals surface area (Å²) in [4.78, 5) is 8.80. The zero-order valence-corrected chi connectivity index (χ0v) is 13.2. The van der Waals surface area contributed by atoms with Gasteiger partial charge in [0.05, 0.1) is 5.69 Å². The van der Waals surface area contributed by atoms with Crippen molar-refractivity contribution in [2.24, 2.45) is 0 Å². The lowest BCUT2D eigenvalue weighted by Gasteiger charge is -2.16. The van der Waals surface area contributed by atoms with Crippen molar-refractivity contribution in [2.75, 3.05) is 12.4 Å². The fraction of sp³-hybridized carbons (Fsp3) is 0.533. The SMILES string of the molecule is CCc1c(C)nn(-c2ncnc(NC)c2C(C)C)c1C. The summed E-state index contributed by atoms with van der Waals surface area (Å²) in [6.07, 6.45) is 2.58. The summed E-state index contributed by atoms with van der Waals surface area (Å²) >= 11 is 0. The maximum atomic E-state index is 4.67. The van der Waals surface area contributed by atoms with E-state index < -0.39 is 0 Å². The maximum absolute atomic E-state index is 4.67. The van der Waals surface area contributed by atoms with Gasteiger partial charge in [-0.15, -0.1) is 0 Å². The monoisotopic (exact) mass is 273 g/mol. The van der Waals surface area contributed by atoms with Gasteiger partial charge in [-0.1, -0.05) is 20.8 Å². The van der Waals surface area contributed by atoms with Gasteiger partial charge < -0.3 is 5.32 Å². The Morgan fingerprint density at radius 1 is 1.25 bits per heavy atom. The molecule has 1 N–H and O–H groups in total. The van der Waals surface area contributed by atoms with Crippen molar-refractivity contribution in [3.8, 4) is 5.82 Å². The molecule has 0 bridgehead atoms. The van der Waals surface area contributed by atoms with Crippen LogP contribution in [0, 0.1) is 13.8 Å². The molecule has 0 saturated heterocycles. The molecule has 20 heavy (non-hydrogen) atoms. The largest absolute Gasteiger partial charge is 0.373 e. The Hall–Kier alpha value is -1.91. The lowest BCUT2D eigenvalue weighted by atomic mass is 10.0. The minimum Gasteiger partial charge on any atom is -0.373 e. The summed E-state index contributed by atoms with van der Waals surface area (Å²) in [7, 11) is 1.89. The van der Waals surface area contributed by atoms with E-state index in [-0.39, 0.29) is 0 Å². The van der Waals surface area contributed by atoms with Gasteiger partial charge in [0.2, 0.25) is 0 Å². The van der Waals surface area contributed by atoms with Crippen LogP contribution >= 0.6 is 0 Å². The van der Waals surface area contributed by atoms with E-state index in [1.54, 1.807) is 6.33 Å². The van der Waals surface area contributed by atoms with Crippen LogP contribution in [0.25, 0.3) is 5.82 Å². The molecule has 5 heteroatoms. The minimum absolute atomic E-state index is 0.322. The molecule has 0 atom stereocenters. The Morgan fingerprint density at radius 2 is 1.95 bits per heavy atom. The minimum atomic E-state index is 0.322. The van der Waals surface area contributed by atoms with Crippen molar-refractivity contribution in [3.63, 3.8) is 0 Å². The molecule has 0 fully saturated rings. The third kappa shape index (κ3) is 2.28. The molecule has 0 aliphatic heterocycles. The van der Waals surface area contributed by atoms with E-state index in [2.05, 4.69) is 55.0 Å². The molecule has 0 spiro atoms. The van der Waals surface area contributed by atoms with Gasteiger partial charge in [-0.2, -0.15) is 5.10 Å². The first kappa shape index (κ1) is 14.5. The number of hydrogen-bond donors (Lipinski definition) is 1. The first-order valence-corrected chi connectivity index (χ1v) is 7.09. The molecule has 0 amide bonds. The molecular formula is C15H23N5. The number of anilines is 1. The van der Waals surface area contributed by atoms with E-state index in [4.69, 9.17) is 0 Å². The predicted octanol–water partition coefficient (Wildman–Crippen LogP) is 3.01. The average Bonchev–Trinajstić information content (AvgIpc) is 2.72. The fourth-order valence-electron chi connectivity index (χ4n) is 2.68. The van der Waals surface area contributed by atoms with E-state index >= 15 is 0 Å². The van der Waals surface area contributed by atoms with Crippen LogP contribution < -0.4 is 5.32 Å². The lowest BCUT2D eigenvalue weighted by molar-refractivity contribution is 0.753. The second-order valence-corrected chi connectivity index (χ2v) is 5.28. The summed E-state index contributed by atoms with van der Waals surface area (Å²) < 4.78 is 1.95. The number of rotatable bonds is 4. The van der Waals surface area contributed by atoms with Crippen LogP contribution in [0.1, 0.15) is 49.2 Å². The zero-order valence-electron chi connectivity index (χ0n) is 13.2. The van der Waals surface area contributed by atoms with Crippen LogP contribution in [0.4, 0.5) is 5.82 Å². The third-order valence-electron chi connectivity index (χ3n) is 3.67. The molecule has 5 nitrogen and oxygen atoms in total. The highest BCUT2D eigenvalue weighted by molar-refractivity contribution is 5.53. The molecular weight excluding hydrogens is 250 g/mol. The van der Waals surface area contributed by atoms with Gasteiger partial charge in [0.1, 0.15) is 12.1 Å². The molecule has 0 unspecified atom stereocenters. The van der Waals surface area contributed by atoms with Crippen molar-refractivity contribution >= 4 is 5.82 Å². The van der Waals surface area contributed by atoms with Gasteiger partial charge in [0.15, 0.2) is 5.82 Å². The van der Waals surface area contributed by atoms with E-state index in [9.17, 15) is 0 Å². The molecule has 2 aromatic rings. The molecule has 108 valence electrons. The van der Waals surface area contributed by atoms with Crippen LogP contribution in [0.3, 0.4) is 0 Å². The van der Waals surface area contributed by atoms with E-state index in [0.717, 1.165) is 35.0 Å². The smallest absolute Gasteiger partial charge is 0.162 e. The Bertz CT molecular complexity index is 613. The number of nitrogens with one attached hydrogen (secondary N) is 1. The van der Waals surface area contributed by atoms with Crippen LogP contribution in [0.2, 0.25) is 0 Å². The predicted molar refractivity (Wildman–Crippen MR) is 81.6 cm³/mol. The third-order valence-corrected chi connectivity index (χ3v) is 3.67. The Labute approximate surface area is 120 Å². The van der Waals surface area contributed by atoms with Gasteiger partial charge in [0.25, 0.3) is 0 Å². The summed E-state index contributed by atoms with van der Waals surface area (Å²) in [5.41, 5.74) is 4.63. The molecule has 0 aromatic carbocycles. The van der Waals surface area contributed by atoms with E-state index in [0.29, 0.717) is 5.92 Å². The molecule has 0 aliphatic rings. The zero-order chi connectivity index (χ0) is 14.9. The van der Waals surface area contributed by atoms with Crippen molar-refractivity contribution in [1.82, 2.24) is 19.7 Å². The van der Waals surface area contributed by atoms with Crippen LogP contribution in [0.5, 0.6) is 0 Å². The Kier molecular flexibility index (Phi) is 4.06.